The van der Waals surface area contributed by atoms with Crippen molar-refractivity contribution < 1.29 is 14.1 Å². The Bertz CT molecular complexity index is 491. The zero-order valence-electron chi connectivity index (χ0n) is 7.65. The van der Waals surface area contributed by atoms with E-state index in [4.69, 9.17) is 6.57 Å². The highest BCUT2D eigenvalue weighted by Crippen LogP contribution is 2.28. The summed E-state index contributed by atoms with van der Waals surface area (Å²) in [5, 5.41) is 10.4. The van der Waals surface area contributed by atoms with E-state index in [-0.39, 0.29) is 5.56 Å². The van der Waals surface area contributed by atoms with Crippen LogP contribution in [-0.4, -0.2) is 10.7 Å². The third-order valence-corrected chi connectivity index (χ3v) is 1.75. The van der Waals surface area contributed by atoms with Crippen molar-refractivity contribution in [1.82, 2.24) is 0 Å². The zero-order chi connectivity index (χ0) is 11.6. The predicted octanol–water partition coefficient (Wildman–Crippen LogP) is 2.49. The van der Waals surface area contributed by atoms with Crippen LogP contribution in [0, 0.1) is 22.5 Å². The molecule has 0 aliphatic heterocycles. The number of carbonyl (C=O) groups excluding carboxylic acids is 1. The summed E-state index contributed by atoms with van der Waals surface area (Å²) in [4.78, 5) is 23.4. The van der Waals surface area contributed by atoms with Crippen LogP contribution in [0.25, 0.3) is 4.85 Å². The second kappa shape index (κ2) is 3.84. The van der Waals surface area contributed by atoms with E-state index in [2.05, 4.69) is 4.85 Å². The van der Waals surface area contributed by atoms with Crippen molar-refractivity contribution in [3.8, 4) is 0 Å². The molecule has 0 saturated heterocycles. The number of ketones is 1. The lowest BCUT2D eigenvalue weighted by Crippen LogP contribution is -1.97. The number of Topliss-reactive ketones (excluding diaryl/α,β-unsaturated/α-hetero) is 1. The smallest absolute Gasteiger partial charge is 0.270 e. The van der Waals surface area contributed by atoms with Crippen LogP contribution in [-0.2, 0) is 0 Å². The van der Waals surface area contributed by atoms with Crippen LogP contribution in [0.15, 0.2) is 12.1 Å². The van der Waals surface area contributed by atoms with Gasteiger partial charge < -0.3 is 0 Å². The Morgan fingerprint density at radius 2 is 2.20 bits per heavy atom. The van der Waals surface area contributed by atoms with E-state index in [0.29, 0.717) is 6.07 Å². The van der Waals surface area contributed by atoms with Gasteiger partial charge in [0.2, 0.25) is 5.69 Å². The van der Waals surface area contributed by atoms with E-state index >= 15 is 0 Å². The van der Waals surface area contributed by atoms with Gasteiger partial charge >= 0.3 is 0 Å². The van der Waals surface area contributed by atoms with Crippen LogP contribution >= 0.6 is 0 Å². The third kappa shape index (κ3) is 1.96. The minimum Gasteiger partial charge on any atom is -0.296 e. The Morgan fingerprint density at radius 3 is 2.60 bits per heavy atom. The lowest BCUT2D eigenvalue weighted by atomic mass is 10.1. The predicted molar refractivity (Wildman–Crippen MR) is 49.3 cm³/mol. The summed E-state index contributed by atoms with van der Waals surface area (Å²) in [5.41, 5.74) is -1.28. The fourth-order valence-electron chi connectivity index (χ4n) is 1.07. The highest BCUT2D eigenvalue weighted by Gasteiger charge is 2.19. The molecule has 1 aromatic carbocycles. The van der Waals surface area contributed by atoms with Gasteiger partial charge in [-0.1, -0.05) is 0 Å². The number of nitrogens with zero attached hydrogens (tertiary/aromatic N) is 2. The first-order valence-corrected chi connectivity index (χ1v) is 3.83. The lowest BCUT2D eigenvalue weighted by Gasteiger charge is -2.00. The first kappa shape index (κ1) is 10.8. The van der Waals surface area contributed by atoms with Crippen LogP contribution in [0.5, 0.6) is 0 Å². The van der Waals surface area contributed by atoms with E-state index < -0.39 is 27.9 Å². The number of hydrogen-bond acceptors (Lipinski definition) is 3. The molecule has 0 heterocycles. The summed E-state index contributed by atoms with van der Waals surface area (Å²) < 4.78 is 13.2. The molecule has 0 aromatic heterocycles. The lowest BCUT2D eigenvalue weighted by molar-refractivity contribution is -0.385. The van der Waals surface area contributed by atoms with Gasteiger partial charge in [-0.3, -0.25) is 14.9 Å². The molecule has 0 atom stereocenters. The van der Waals surface area contributed by atoms with Crippen molar-refractivity contribution >= 4 is 17.2 Å². The minimum absolute atomic E-state index is 0.267. The molecule has 15 heavy (non-hydrogen) atoms. The first-order valence-electron chi connectivity index (χ1n) is 3.83. The van der Waals surface area contributed by atoms with Crippen LogP contribution in [0.1, 0.15) is 17.3 Å². The standard InChI is InChI=1S/C9H5FN2O3/c1-5(13)7-3-6(12(14)15)4-8(10)9(7)11-2/h3-4H,1H3. The molecular weight excluding hydrogens is 203 g/mol. The maximum absolute atomic E-state index is 13.2. The molecule has 0 unspecified atom stereocenters. The first-order chi connectivity index (χ1) is 6.97. The SMILES string of the molecule is [C-]#[N+]c1c(F)cc([N+](=O)[O-])cc1C(C)=O. The summed E-state index contributed by atoms with van der Waals surface area (Å²) >= 11 is 0. The number of benzene rings is 1. The Labute approximate surface area is 84.1 Å². The van der Waals surface area contributed by atoms with Crippen molar-refractivity contribution in [2.75, 3.05) is 0 Å². The van der Waals surface area contributed by atoms with Gasteiger partial charge in [0.15, 0.2) is 0 Å². The molecule has 0 amide bonds. The number of halogens is 1. The summed E-state index contributed by atoms with van der Waals surface area (Å²) in [5.74, 6) is -1.63. The van der Waals surface area contributed by atoms with Gasteiger partial charge in [-0.2, -0.15) is 0 Å². The van der Waals surface area contributed by atoms with Gasteiger partial charge in [-0.25, -0.2) is 9.24 Å². The number of nitro benzene ring substituents is 1. The van der Waals surface area contributed by atoms with Crippen LogP contribution in [0.3, 0.4) is 0 Å². The van der Waals surface area contributed by atoms with Crippen molar-refractivity contribution in [2.45, 2.75) is 6.92 Å². The summed E-state index contributed by atoms with van der Waals surface area (Å²) in [6.45, 7) is 7.78. The molecule has 1 aromatic rings. The average molecular weight is 208 g/mol. The molecule has 0 bridgehead atoms. The molecule has 0 saturated carbocycles. The Kier molecular flexibility index (Phi) is 2.76. The van der Waals surface area contributed by atoms with Gasteiger partial charge in [-0.15, -0.1) is 0 Å². The second-order valence-corrected chi connectivity index (χ2v) is 2.75. The molecular formula is C9H5FN2O3. The molecule has 1 rings (SSSR count). The van der Waals surface area contributed by atoms with E-state index in [1.54, 1.807) is 0 Å². The monoisotopic (exact) mass is 208 g/mol. The van der Waals surface area contributed by atoms with Crippen LogP contribution < -0.4 is 0 Å². The van der Waals surface area contributed by atoms with Crippen molar-refractivity contribution in [3.63, 3.8) is 0 Å². The Morgan fingerprint density at radius 1 is 1.60 bits per heavy atom. The zero-order valence-corrected chi connectivity index (χ0v) is 7.65. The Balaban J connectivity index is 3.54. The highest BCUT2D eigenvalue weighted by molar-refractivity contribution is 6.00. The van der Waals surface area contributed by atoms with E-state index in [0.717, 1.165) is 13.0 Å². The van der Waals surface area contributed by atoms with Gasteiger partial charge in [0.1, 0.15) is 11.6 Å². The molecule has 0 spiro atoms. The number of non-ortho nitro benzene ring substituents is 1. The maximum atomic E-state index is 13.2. The number of carbonyl (C=O) groups is 1. The second-order valence-electron chi connectivity index (χ2n) is 2.75. The Hall–Kier alpha value is -2.29. The highest BCUT2D eigenvalue weighted by atomic mass is 19.1. The number of rotatable bonds is 2. The van der Waals surface area contributed by atoms with Crippen molar-refractivity contribution in [1.29, 1.82) is 0 Å². The summed E-state index contributed by atoms with van der Waals surface area (Å²) in [6.07, 6.45) is 0. The summed E-state index contributed by atoms with van der Waals surface area (Å²) in [7, 11) is 0. The average Bonchev–Trinajstić information content (AvgIpc) is 2.16. The van der Waals surface area contributed by atoms with Gasteiger partial charge in [0.25, 0.3) is 5.69 Å². The maximum Gasteiger partial charge on any atom is 0.270 e. The van der Waals surface area contributed by atoms with Gasteiger partial charge in [0.05, 0.1) is 11.5 Å². The van der Waals surface area contributed by atoms with Gasteiger partial charge in [-0.05, 0) is 6.92 Å². The molecule has 0 N–H and O–H groups in total. The molecule has 76 valence electrons. The fraction of sp³-hybridized carbons (Fsp3) is 0.111. The van der Waals surface area contributed by atoms with E-state index in [1.165, 1.54) is 0 Å². The van der Waals surface area contributed by atoms with Crippen LogP contribution in [0.4, 0.5) is 15.8 Å². The van der Waals surface area contributed by atoms with Gasteiger partial charge in [0, 0.05) is 17.7 Å². The molecule has 5 nitrogen and oxygen atoms in total. The normalized spacial score (nSPS) is 9.40. The quantitative estimate of drug-likeness (QED) is 0.324. The molecule has 0 aliphatic rings. The van der Waals surface area contributed by atoms with E-state index in [1.807, 2.05) is 0 Å². The summed E-state index contributed by atoms with van der Waals surface area (Å²) in [6, 6.07) is 1.53. The van der Waals surface area contributed by atoms with Crippen molar-refractivity contribution in [3.05, 3.63) is 45.0 Å². The molecule has 0 aliphatic carbocycles. The van der Waals surface area contributed by atoms with Crippen molar-refractivity contribution in [2.24, 2.45) is 0 Å². The number of hydrogen-bond donors (Lipinski definition) is 0. The molecule has 0 fully saturated rings. The molecule has 0 radical (unpaired) electrons. The fourth-order valence-corrected chi connectivity index (χ4v) is 1.07. The topological polar surface area (TPSA) is 64.6 Å². The largest absolute Gasteiger partial charge is 0.296 e. The minimum atomic E-state index is -1.05. The molecule has 6 heteroatoms. The van der Waals surface area contributed by atoms with Crippen LogP contribution in [0.2, 0.25) is 0 Å². The van der Waals surface area contributed by atoms with E-state index in [9.17, 15) is 19.3 Å². The third-order valence-electron chi connectivity index (χ3n) is 1.75. The number of nitro groups is 1.